The molecule has 80 valence electrons. The molecule has 0 radical (unpaired) electrons. The highest BCUT2D eigenvalue weighted by atomic mass is 16.7. The van der Waals surface area contributed by atoms with Crippen molar-refractivity contribution >= 4 is 5.91 Å². The van der Waals surface area contributed by atoms with E-state index >= 15 is 0 Å². The fourth-order valence-electron chi connectivity index (χ4n) is 1.08. The molecule has 1 aliphatic heterocycles. The Morgan fingerprint density at radius 1 is 1.43 bits per heavy atom. The standard InChI is InChI=1S/C10H17NO3/c1-7(2)9(12)11-8-5-13-10(3,4)14-6-8/h8H,1,5-6H2,2-4H3,(H,11,12). The first-order valence-electron chi connectivity index (χ1n) is 4.65. The second kappa shape index (κ2) is 4.11. The third-order valence-corrected chi connectivity index (χ3v) is 1.99. The number of carbonyl (C=O) groups is 1. The van der Waals surface area contributed by atoms with Crippen LogP contribution in [0.3, 0.4) is 0 Å². The zero-order valence-corrected chi connectivity index (χ0v) is 8.92. The van der Waals surface area contributed by atoms with Crippen LogP contribution in [0.2, 0.25) is 0 Å². The number of carbonyl (C=O) groups excluding carboxylic acids is 1. The van der Waals surface area contributed by atoms with Crippen molar-refractivity contribution < 1.29 is 14.3 Å². The number of ether oxygens (including phenoxy) is 2. The summed E-state index contributed by atoms with van der Waals surface area (Å²) in [5.41, 5.74) is 0.495. The van der Waals surface area contributed by atoms with Gasteiger partial charge in [0.05, 0.1) is 19.3 Å². The molecule has 0 atom stereocenters. The molecule has 4 nitrogen and oxygen atoms in total. The SMILES string of the molecule is C=C(C)C(=O)NC1COC(C)(C)OC1. The molecular weight excluding hydrogens is 182 g/mol. The van der Waals surface area contributed by atoms with Crippen LogP contribution in [0.1, 0.15) is 20.8 Å². The maximum absolute atomic E-state index is 11.3. The van der Waals surface area contributed by atoms with Gasteiger partial charge in [-0.3, -0.25) is 4.79 Å². The predicted molar refractivity (Wildman–Crippen MR) is 52.7 cm³/mol. The summed E-state index contributed by atoms with van der Waals surface area (Å²) in [6.07, 6.45) is 0. The summed E-state index contributed by atoms with van der Waals surface area (Å²) in [5, 5.41) is 2.77. The van der Waals surface area contributed by atoms with Gasteiger partial charge >= 0.3 is 0 Å². The maximum Gasteiger partial charge on any atom is 0.246 e. The molecule has 0 bridgehead atoms. The van der Waals surface area contributed by atoms with Crippen LogP contribution in [0.25, 0.3) is 0 Å². The molecule has 0 aliphatic carbocycles. The Kier molecular flexibility index (Phi) is 3.29. The highest BCUT2D eigenvalue weighted by Crippen LogP contribution is 2.16. The van der Waals surface area contributed by atoms with E-state index in [2.05, 4.69) is 11.9 Å². The topological polar surface area (TPSA) is 47.6 Å². The number of amides is 1. The smallest absolute Gasteiger partial charge is 0.246 e. The van der Waals surface area contributed by atoms with Crippen molar-refractivity contribution in [2.45, 2.75) is 32.6 Å². The molecule has 0 unspecified atom stereocenters. The molecule has 1 aliphatic rings. The summed E-state index contributed by atoms with van der Waals surface area (Å²) < 4.78 is 10.8. The largest absolute Gasteiger partial charge is 0.348 e. The molecule has 0 aromatic carbocycles. The van der Waals surface area contributed by atoms with Gasteiger partial charge in [0.25, 0.3) is 0 Å². The van der Waals surface area contributed by atoms with Gasteiger partial charge in [-0.05, 0) is 20.8 Å². The number of hydrogen-bond acceptors (Lipinski definition) is 3. The fraction of sp³-hybridized carbons (Fsp3) is 0.700. The van der Waals surface area contributed by atoms with E-state index in [0.29, 0.717) is 18.8 Å². The van der Waals surface area contributed by atoms with E-state index in [0.717, 1.165) is 0 Å². The Morgan fingerprint density at radius 3 is 2.36 bits per heavy atom. The van der Waals surface area contributed by atoms with Gasteiger partial charge in [0.15, 0.2) is 5.79 Å². The van der Waals surface area contributed by atoms with Crippen LogP contribution in [-0.4, -0.2) is 30.9 Å². The highest BCUT2D eigenvalue weighted by Gasteiger charge is 2.28. The second-order valence-electron chi connectivity index (χ2n) is 3.97. The molecule has 0 spiro atoms. The molecule has 1 heterocycles. The molecule has 1 rings (SSSR count). The second-order valence-corrected chi connectivity index (χ2v) is 3.97. The van der Waals surface area contributed by atoms with Gasteiger partial charge in [-0.1, -0.05) is 6.58 Å². The van der Waals surface area contributed by atoms with E-state index in [1.165, 1.54) is 0 Å². The maximum atomic E-state index is 11.3. The minimum Gasteiger partial charge on any atom is -0.348 e. The molecule has 0 saturated carbocycles. The van der Waals surface area contributed by atoms with Crippen molar-refractivity contribution in [3.05, 3.63) is 12.2 Å². The average Bonchev–Trinajstić information content (AvgIpc) is 2.08. The molecule has 1 N–H and O–H groups in total. The lowest BCUT2D eigenvalue weighted by atomic mass is 10.2. The van der Waals surface area contributed by atoms with Gasteiger partial charge in [0.1, 0.15) is 0 Å². The zero-order chi connectivity index (χ0) is 10.8. The lowest BCUT2D eigenvalue weighted by Crippen LogP contribution is -2.50. The molecule has 4 heteroatoms. The molecule has 0 aromatic rings. The Hall–Kier alpha value is -0.870. The normalized spacial score (nSPS) is 21.6. The molecule has 0 aromatic heterocycles. The van der Waals surface area contributed by atoms with Crippen molar-refractivity contribution in [1.29, 1.82) is 0 Å². The lowest BCUT2D eigenvalue weighted by Gasteiger charge is -2.35. The van der Waals surface area contributed by atoms with E-state index in [1.54, 1.807) is 6.92 Å². The van der Waals surface area contributed by atoms with Crippen LogP contribution in [0.4, 0.5) is 0 Å². The minimum absolute atomic E-state index is 0.0766. The summed E-state index contributed by atoms with van der Waals surface area (Å²) in [6.45, 7) is 9.88. The van der Waals surface area contributed by atoms with Crippen molar-refractivity contribution in [3.8, 4) is 0 Å². The first-order valence-corrected chi connectivity index (χ1v) is 4.65. The Bertz CT molecular complexity index is 238. The Morgan fingerprint density at radius 2 is 1.93 bits per heavy atom. The van der Waals surface area contributed by atoms with Gasteiger partial charge < -0.3 is 14.8 Å². The summed E-state index contributed by atoms with van der Waals surface area (Å²) in [7, 11) is 0. The van der Waals surface area contributed by atoms with Crippen LogP contribution >= 0.6 is 0 Å². The third kappa shape index (κ3) is 3.12. The summed E-state index contributed by atoms with van der Waals surface area (Å²) in [5.74, 6) is -0.688. The number of hydrogen-bond donors (Lipinski definition) is 1. The first-order chi connectivity index (χ1) is 6.41. The van der Waals surface area contributed by atoms with Gasteiger partial charge in [-0.25, -0.2) is 0 Å². The van der Waals surface area contributed by atoms with Gasteiger partial charge in [0, 0.05) is 5.57 Å². The highest BCUT2D eigenvalue weighted by molar-refractivity contribution is 5.92. The molecule has 1 amide bonds. The quantitative estimate of drug-likeness (QED) is 0.670. The molecular formula is C10H17NO3. The van der Waals surface area contributed by atoms with Crippen LogP contribution < -0.4 is 5.32 Å². The van der Waals surface area contributed by atoms with E-state index < -0.39 is 5.79 Å². The molecule has 14 heavy (non-hydrogen) atoms. The van der Waals surface area contributed by atoms with Crippen molar-refractivity contribution in [1.82, 2.24) is 5.32 Å². The lowest BCUT2D eigenvalue weighted by molar-refractivity contribution is -0.252. The zero-order valence-electron chi connectivity index (χ0n) is 8.92. The van der Waals surface area contributed by atoms with Crippen molar-refractivity contribution in [3.63, 3.8) is 0 Å². The summed E-state index contributed by atoms with van der Waals surface area (Å²) in [4.78, 5) is 11.3. The van der Waals surface area contributed by atoms with Crippen molar-refractivity contribution in [2.75, 3.05) is 13.2 Å². The van der Waals surface area contributed by atoms with E-state index in [-0.39, 0.29) is 11.9 Å². The van der Waals surface area contributed by atoms with Gasteiger partial charge in [-0.15, -0.1) is 0 Å². The van der Waals surface area contributed by atoms with Crippen LogP contribution in [0, 0.1) is 0 Å². The van der Waals surface area contributed by atoms with Crippen molar-refractivity contribution in [2.24, 2.45) is 0 Å². The van der Waals surface area contributed by atoms with E-state index in [1.807, 2.05) is 13.8 Å². The summed E-state index contributed by atoms with van der Waals surface area (Å²) in [6, 6.07) is -0.0766. The molecule has 1 fully saturated rings. The number of nitrogens with one attached hydrogen (secondary N) is 1. The fourth-order valence-corrected chi connectivity index (χ4v) is 1.08. The van der Waals surface area contributed by atoms with Gasteiger partial charge in [0.2, 0.25) is 5.91 Å². The summed E-state index contributed by atoms with van der Waals surface area (Å²) >= 11 is 0. The van der Waals surface area contributed by atoms with E-state index in [9.17, 15) is 4.79 Å². The van der Waals surface area contributed by atoms with E-state index in [4.69, 9.17) is 9.47 Å². The average molecular weight is 199 g/mol. The number of rotatable bonds is 2. The Labute approximate surface area is 84.3 Å². The minimum atomic E-state index is -0.537. The van der Waals surface area contributed by atoms with Crippen LogP contribution in [-0.2, 0) is 14.3 Å². The monoisotopic (exact) mass is 199 g/mol. The Balaban J connectivity index is 2.36. The van der Waals surface area contributed by atoms with Crippen LogP contribution in [0.15, 0.2) is 12.2 Å². The van der Waals surface area contributed by atoms with Gasteiger partial charge in [-0.2, -0.15) is 0 Å². The third-order valence-electron chi connectivity index (χ3n) is 1.99. The molecule has 1 saturated heterocycles. The van der Waals surface area contributed by atoms with Crippen LogP contribution in [0.5, 0.6) is 0 Å². The first kappa shape index (κ1) is 11.2. The predicted octanol–water partition coefficient (Wildman–Crippen LogP) is 0.830.